The highest BCUT2D eigenvalue weighted by Gasteiger charge is 2.54. The molecule has 0 aromatic carbocycles. The SMILES string of the molecule is CCCCC(CC)COC(=O)/C(N)=C(\C=O)N(N)CCCOC(=O)CCCCCCCC/C(N)=C/N1C(C(C)C)C1(C)C. The Morgan fingerprint density at radius 1 is 0.953 bits per heavy atom. The molecule has 0 saturated carbocycles. The monoisotopic (exact) mass is 607 g/mol. The summed E-state index contributed by atoms with van der Waals surface area (Å²) < 4.78 is 10.6. The average Bonchev–Trinajstić information content (AvgIpc) is 3.51. The highest BCUT2D eigenvalue weighted by molar-refractivity contribution is 5.94. The summed E-state index contributed by atoms with van der Waals surface area (Å²) in [6, 6.07) is 0.570. The van der Waals surface area contributed by atoms with Gasteiger partial charge in [0.05, 0.1) is 24.8 Å². The summed E-state index contributed by atoms with van der Waals surface area (Å²) in [5.74, 6) is 5.83. The molecular weight excluding hydrogens is 546 g/mol. The summed E-state index contributed by atoms with van der Waals surface area (Å²) >= 11 is 0. The number of esters is 2. The molecule has 1 fully saturated rings. The third-order valence-electron chi connectivity index (χ3n) is 8.37. The maximum Gasteiger partial charge on any atom is 0.356 e. The minimum absolute atomic E-state index is 0.138. The number of aldehydes is 1. The molecule has 1 aliphatic rings. The van der Waals surface area contributed by atoms with Crippen LogP contribution in [0.1, 0.15) is 125 Å². The fourth-order valence-corrected chi connectivity index (χ4v) is 5.65. The molecule has 6 N–H and O–H groups in total. The van der Waals surface area contributed by atoms with Gasteiger partial charge in [0, 0.05) is 31.3 Å². The Balaban J connectivity index is 2.18. The number of hydrazine groups is 1. The predicted molar refractivity (Wildman–Crippen MR) is 172 cm³/mol. The third-order valence-corrected chi connectivity index (χ3v) is 8.37. The van der Waals surface area contributed by atoms with Crippen LogP contribution in [0.5, 0.6) is 0 Å². The zero-order chi connectivity index (χ0) is 32.4. The van der Waals surface area contributed by atoms with Crippen molar-refractivity contribution in [1.29, 1.82) is 0 Å². The van der Waals surface area contributed by atoms with Crippen LogP contribution in [0.3, 0.4) is 0 Å². The van der Waals surface area contributed by atoms with E-state index in [1.165, 1.54) is 0 Å². The third kappa shape index (κ3) is 14.1. The van der Waals surface area contributed by atoms with Crippen LogP contribution in [-0.2, 0) is 23.9 Å². The van der Waals surface area contributed by atoms with E-state index >= 15 is 0 Å². The van der Waals surface area contributed by atoms with Crippen LogP contribution in [0.25, 0.3) is 0 Å². The lowest BCUT2D eigenvalue weighted by Crippen LogP contribution is -2.36. The van der Waals surface area contributed by atoms with Crippen LogP contribution in [0.15, 0.2) is 23.3 Å². The van der Waals surface area contributed by atoms with Crippen molar-refractivity contribution in [2.75, 3.05) is 19.8 Å². The summed E-state index contributed by atoms with van der Waals surface area (Å²) in [5, 5.41) is 1.10. The van der Waals surface area contributed by atoms with E-state index in [2.05, 4.69) is 45.7 Å². The first-order valence-electron chi connectivity index (χ1n) is 16.4. The maximum absolute atomic E-state index is 12.3. The van der Waals surface area contributed by atoms with Gasteiger partial charge in [-0.15, -0.1) is 0 Å². The molecule has 0 radical (unpaired) electrons. The standard InChI is InChI=1S/C33H61N5O5/c1-7-9-17-26(8-2)24-43-32(41)30(35)28(23-39)38(36)20-16-21-42-29(40)19-15-13-11-10-12-14-18-27(34)22-37-31(25(3)4)33(37,5)6/h22-23,25-26,31H,7-21,24,34-36H2,1-6H3/b27-22-,30-28-. The molecule has 2 atom stereocenters. The van der Waals surface area contributed by atoms with Crippen molar-refractivity contribution in [3.8, 4) is 0 Å². The summed E-state index contributed by atoms with van der Waals surface area (Å²) in [6.07, 6.45) is 14.5. The first-order valence-corrected chi connectivity index (χ1v) is 16.4. The molecule has 0 aliphatic carbocycles. The lowest BCUT2D eigenvalue weighted by molar-refractivity contribution is -0.144. The fourth-order valence-electron chi connectivity index (χ4n) is 5.65. The van der Waals surface area contributed by atoms with Crippen molar-refractivity contribution in [2.24, 2.45) is 29.1 Å². The van der Waals surface area contributed by atoms with Crippen LogP contribution >= 0.6 is 0 Å². The molecule has 0 amide bonds. The van der Waals surface area contributed by atoms with Crippen molar-refractivity contribution in [2.45, 2.75) is 137 Å². The Labute approximate surface area is 260 Å². The fraction of sp³-hybridized carbons (Fsp3) is 0.788. The van der Waals surface area contributed by atoms with E-state index in [9.17, 15) is 14.4 Å². The number of unbranched alkanes of at least 4 members (excludes halogenated alkanes) is 6. The lowest BCUT2D eigenvalue weighted by atomic mass is 10.0. The maximum atomic E-state index is 12.3. The number of hydrogen-bond acceptors (Lipinski definition) is 10. The van der Waals surface area contributed by atoms with Crippen LogP contribution < -0.4 is 17.3 Å². The number of nitrogens with zero attached hydrogens (tertiary/aromatic N) is 2. The average molecular weight is 608 g/mol. The van der Waals surface area contributed by atoms with Crippen LogP contribution in [0.4, 0.5) is 0 Å². The molecule has 248 valence electrons. The Kier molecular flexibility index (Phi) is 18.0. The number of ether oxygens (including phenoxy) is 2. The van der Waals surface area contributed by atoms with E-state index in [1.807, 2.05) is 6.92 Å². The molecule has 0 aromatic heterocycles. The summed E-state index contributed by atoms with van der Waals surface area (Å²) in [7, 11) is 0. The molecule has 1 saturated heterocycles. The molecule has 43 heavy (non-hydrogen) atoms. The van der Waals surface area contributed by atoms with Crippen molar-refractivity contribution < 1.29 is 23.9 Å². The second kappa shape index (κ2) is 20.3. The van der Waals surface area contributed by atoms with Crippen molar-refractivity contribution in [1.82, 2.24) is 9.91 Å². The van der Waals surface area contributed by atoms with Crippen LogP contribution in [-0.4, -0.2) is 59.5 Å². The quantitative estimate of drug-likeness (QED) is 0.0252. The minimum Gasteiger partial charge on any atom is -0.466 e. The molecule has 1 rings (SSSR count). The van der Waals surface area contributed by atoms with Crippen LogP contribution in [0.2, 0.25) is 0 Å². The van der Waals surface area contributed by atoms with E-state index in [0.717, 1.165) is 81.3 Å². The number of nitrogens with two attached hydrogens (primary N) is 3. The van der Waals surface area contributed by atoms with Crippen molar-refractivity contribution >= 4 is 18.2 Å². The van der Waals surface area contributed by atoms with Gasteiger partial charge in [0.15, 0.2) is 6.29 Å². The second-order valence-electron chi connectivity index (χ2n) is 12.8. The predicted octanol–water partition coefficient (Wildman–Crippen LogP) is 5.26. The Hall–Kier alpha value is -2.75. The first kappa shape index (κ1) is 38.3. The Bertz CT molecular complexity index is 917. The summed E-state index contributed by atoms with van der Waals surface area (Å²) in [4.78, 5) is 38.4. The number of rotatable bonds is 24. The number of hydrogen-bond donors (Lipinski definition) is 3. The highest BCUT2D eigenvalue weighted by atomic mass is 16.5. The molecule has 0 aromatic rings. The van der Waals surface area contributed by atoms with E-state index in [0.29, 0.717) is 31.1 Å². The van der Waals surface area contributed by atoms with Gasteiger partial charge in [0.1, 0.15) is 11.4 Å². The van der Waals surface area contributed by atoms with Gasteiger partial charge < -0.3 is 30.8 Å². The van der Waals surface area contributed by atoms with Crippen molar-refractivity contribution in [3.05, 3.63) is 23.3 Å². The molecule has 1 aliphatic heterocycles. The summed E-state index contributed by atoms with van der Waals surface area (Å²) in [6.45, 7) is 13.8. The number of carbonyl (C=O) groups is 3. The van der Waals surface area contributed by atoms with Gasteiger partial charge >= 0.3 is 11.9 Å². The number of allylic oxidation sites excluding steroid dienone is 2. The van der Waals surface area contributed by atoms with E-state index in [1.54, 1.807) is 0 Å². The lowest BCUT2D eigenvalue weighted by Gasteiger charge is -2.20. The molecule has 1 heterocycles. The second-order valence-corrected chi connectivity index (χ2v) is 12.8. The molecule has 0 spiro atoms. The zero-order valence-corrected chi connectivity index (χ0v) is 27.9. The van der Waals surface area contributed by atoms with Gasteiger partial charge in [-0.1, -0.05) is 72.6 Å². The van der Waals surface area contributed by atoms with E-state index in [-0.39, 0.29) is 48.6 Å². The van der Waals surface area contributed by atoms with Gasteiger partial charge in [-0.25, -0.2) is 10.6 Å². The molecule has 10 nitrogen and oxygen atoms in total. The molecule has 2 unspecified atom stereocenters. The molecule has 10 heteroatoms. The highest BCUT2D eigenvalue weighted by Crippen LogP contribution is 2.45. The van der Waals surface area contributed by atoms with Gasteiger partial charge in [0.25, 0.3) is 0 Å². The van der Waals surface area contributed by atoms with E-state index in [4.69, 9.17) is 26.8 Å². The first-order chi connectivity index (χ1) is 20.4. The number of carbonyl (C=O) groups excluding carboxylic acids is 3. The van der Waals surface area contributed by atoms with Gasteiger partial charge in [0.2, 0.25) is 0 Å². The largest absolute Gasteiger partial charge is 0.466 e. The van der Waals surface area contributed by atoms with Gasteiger partial charge in [-0.3, -0.25) is 9.59 Å². The normalized spacial score (nSPS) is 17.3. The van der Waals surface area contributed by atoms with Crippen molar-refractivity contribution in [3.63, 3.8) is 0 Å². The Morgan fingerprint density at radius 2 is 1.58 bits per heavy atom. The smallest absolute Gasteiger partial charge is 0.356 e. The van der Waals surface area contributed by atoms with Gasteiger partial charge in [-0.2, -0.15) is 0 Å². The Morgan fingerprint density at radius 3 is 2.14 bits per heavy atom. The van der Waals surface area contributed by atoms with Gasteiger partial charge in [-0.05, 0) is 51.4 Å². The molecule has 0 bridgehead atoms. The minimum atomic E-state index is -0.754. The van der Waals surface area contributed by atoms with E-state index < -0.39 is 5.97 Å². The van der Waals surface area contributed by atoms with Crippen LogP contribution in [0, 0.1) is 11.8 Å². The zero-order valence-electron chi connectivity index (χ0n) is 27.9. The topological polar surface area (TPSA) is 154 Å². The molecular formula is C33H61N5O5. The summed E-state index contributed by atoms with van der Waals surface area (Å²) in [5.41, 5.74) is 12.8.